The molecule has 0 aliphatic heterocycles. The number of aromatic nitrogens is 3. The average molecular weight is 280 g/mol. The Labute approximate surface area is 101 Å². The van der Waals surface area contributed by atoms with Gasteiger partial charge in [0.1, 0.15) is 5.69 Å². The van der Waals surface area contributed by atoms with Gasteiger partial charge in [0.25, 0.3) is 0 Å². The van der Waals surface area contributed by atoms with E-state index in [0.717, 1.165) is 11.3 Å². The van der Waals surface area contributed by atoms with E-state index in [9.17, 15) is 0 Å². The second kappa shape index (κ2) is 5.05. The molecule has 82 valence electrons. The molecule has 0 bridgehead atoms. The van der Waals surface area contributed by atoms with E-state index in [-0.39, 0.29) is 6.61 Å². The topological polar surface area (TPSA) is 50.9 Å². The predicted octanol–water partition coefficient (Wildman–Crippen LogP) is 2.13. The van der Waals surface area contributed by atoms with Crippen LogP contribution in [0.2, 0.25) is 0 Å². The van der Waals surface area contributed by atoms with Crippen molar-refractivity contribution in [2.75, 3.05) is 0 Å². The zero-order valence-electron chi connectivity index (χ0n) is 8.42. The molecule has 16 heavy (non-hydrogen) atoms. The molecule has 2 aromatic rings. The lowest BCUT2D eigenvalue weighted by molar-refractivity contribution is 0.276. The van der Waals surface area contributed by atoms with E-state index in [1.54, 1.807) is 15.9 Å². The zero-order valence-corrected chi connectivity index (χ0v) is 10.0. The molecular weight excluding hydrogens is 270 g/mol. The van der Waals surface area contributed by atoms with Crippen molar-refractivity contribution in [2.45, 2.75) is 6.61 Å². The lowest BCUT2D eigenvalue weighted by Crippen LogP contribution is -1.94. The normalized spacial score (nSPS) is 11.1. The summed E-state index contributed by atoms with van der Waals surface area (Å²) >= 11 is 3.23. The van der Waals surface area contributed by atoms with E-state index in [2.05, 4.69) is 26.2 Å². The van der Waals surface area contributed by atoms with Crippen molar-refractivity contribution in [1.82, 2.24) is 15.0 Å². The van der Waals surface area contributed by atoms with Crippen molar-refractivity contribution in [1.29, 1.82) is 0 Å². The number of aliphatic hydroxyl groups is 1. The highest BCUT2D eigenvalue weighted by atomic mass is 79.9. The summed E-state index contributed by atoms with van der Waals surface area (Å²) in [4.78, 5) is 1.81. The molecule has 5 heteroatoms. The fourth-order valence-electron chi connectivity index (χ4n) is 1.31. The van der Waals surface area contributed by atoms with Gasteiger partial charge >= 0.3 is 0 Å². The van der Waals surface area contributed by atoms with Crippen molar-refractivity contribution in [3.63, 3.8) is 0 Å². The van der Waals surface area contributed by atoms with Crippen molar-refractivity contribution >= 4 is 22.0 Å². The summed E-state index contributed by atoms with van der Waals surface area (Å²) in [5.74, 6) is 0. The first-order valence-electron chi connectivity index (χ1n) is 4.73. The van der Waals surface area contributed by atoms with Crippen LogP contribution in [0.1, 0.15) is 11.3 Å². The number of rotatable bonds is 3. The van der Waals surface area contributed by atoms with Crippen LogP contribution in [0.3, 0.4) is 0 Å². The van der Waals surface area contributed by atoms with Crippen LogP contribution >= 0.6 is 15.9 Å². The molecule has 0 saturated carbocycles. The standard InChI is InChI=1S/C11H10BrN3O/c12-6-5-9-1-3-11(4-2-9)15-7-10(8-16)13-14-15/h1-7,16H,8H2/b6-5+. The van der Waals surface area contributed by atoms with E-state index < -0.39 is 0 Å². The molecule has 1 heterocycles. The van der Waals surface area contributed by atoms with Crippen molar-refractivity contribution in [3.8, 4) is 5.69 Å². The molecular formula is C11H10BrN3O. The number of nitrogens with zero attached hydrogens (tertiary/aromatic N) is 3. The van der Waals surface area contributed by atoms with Gasteiger partial charge in [0.2, 0.25) is 0 Å². The molecule has 4 nitrogen and oxygen atoms in total. The quantitative estimate of drug-likeness (QED) is 0.937. The Morgan fingerprint density at radius 1 is 1.31 bits per heavy atom. The summed E-state index contributed by atoms with van der Waals surface area (Å²) in [6.07, 6.45) is 3.65. The van der Waals surface area contributed by atoms with E-state index in [4.69, 9.17) is 5.11 Å². The van der Waals surface area contributed by atoms with Gasteiger partial charge in [0, 0.05) is 0 Å². The third kappa shape index (κ3) is 2.37. The van der Waals surface area contributed by atoms with E-state index in [1.807, 2.05) is 30.3 Å². The summed E-state index contributed by atoms with van der Waals surface area (Å²) in [7, 11) is 0. The van der Waals surface area contributed by atoms with Gasteiger partial charge in [-0.1, -0.05) is 33.3 Å². The lowest BCUT2D eigenvalue weighted by Gasteiger charge is -1.99. The van der Waals surface area contributed by atoms with E-state index >= 15 is 0 Å². The average Bonchev–Trinajstić information content (AvgIpc) is 2.79. The molecule has 0 unspecified atom stereocenters. The van der Waals surface area contributed by atoms with Crippen molar-refractivity contribution < 1.29 is 5.11 Å². The summed E-state index contributed by atoms with van der Waals surface area (Å²) in [5.41, 5.74) is 2.58. The highest BCUT2D eigenvalue weighted by Gasteiger charge is 2.00. The first kappa shape index (κ1) is 11.0. The van der Waals surface area contributed by atoms with Crippen LogP contribution in [0.15, 0.2) is 35.4 Å². The van der Waals surface area contributed by atoms with Gasteiger partial charge in [-0.2, -0.15) is 0 Å². The third-order valence-corrected chi connectivity index (χ3v) is 2.38. The van der Waals surface area contributed by atoms with Crippen LogP contribution in [0.25, 0.3) is 11.8 Å². The number of benzene rings is 1. The largest absolute Gasteiger partial charge is 0.390 e. The maximum Gasteiger partial charge on any atom is 0.109 e. The lowest BCUT2D eigenvalue weighted by atomic mass is 10.2. The fourth-order valence-corrected chi connectivity index (χ4v) is 1.61. The summed E-state index contributed by atoms with van der Waals surface area (Å²) in [5, 5.41) is 16.6. The fraction of sp³-hybridized carbons (Fsp3) is 0.0909. The molecule has 0 radical (unpaired) electrons. The van der Waals surface area contributed by atoms with Gasteiger partial charge in [-0.15, -0.1) is 5.10 Å². The van der Waals surface area contributed by atoms with E-state index in [0.29, 0.717) is 5.69 Å². The Morgan fingerprint density at radius 2 is 2.06 bits per heavy atom. The van der Waals surface area contributed by atoms with E-state index in [1.165, 1.54) is 0 Å². The van der Waals surface area contributed by atoms with Crippen LogP contribution in [0, 0.1) is 0 Å². The first-order chi connectivity index (χ1) is 7.83. The smallest absolute Gasteiger partial charge is 0.109 e. The molecule has 1 N–H and O–H groups in total. The second-order valence-corrected chi connectivity index (χ2v) is 3.73. The van der Waals surface area contributed by atoms with Gasteiger partial charge in [-0.25, -0.2) is 4.68 Å². The summed E-state index contributed by atoms with van der Waals surface area (Å²) in [6, 6.07) is 7.84. The molecule has 2 rings (SSSR count). The SMILES string of the molecule is OCc1cn(-c2ccc(/C=C/Br)cc2)nn1. The van der Waals surface area contributed by atoms with Crippen LogP contribution in [0.5, 0.6) is 0 Å². The number of aliphatic hydroxyl groups excluding tert-OH is 1. The summed E-state index contributed by atoms with van der Waals surface area (Å²) in [6.45, 7) is -0.0928. The Morgan fingerprint density at radius 3 is 2.62 bits per heavy atom. The molecule has 0 aliphatic rings. The summed E-state index contributed by atoms with van der Waals surface area (Å²) < 4.78 is 1.63. The Kier molecular flexibility index (Phi) is 3.48. The monoisotopic (exact) mass is 279 g/mol. The van der Waals surface area contributed by atoms with Gasteiger partial charge in [0.15, 0.2) is 0 Å². The molecule has 0 spiro atoms. The van der Waals surface area contributed by atoms with Crippen LogP contribution in [0.4, 0.5) is 0 Å². The van der Waals surface area contributed by atoms with Gasteiger partial charge in [0.05, 0.1) is 18.5 Å². The minimum Gasteiger partial charge on any atom is -0.390 e. The minimum absolute atomic E-state index is 0.0928. The number of halogens is 1. The Balaban J connectivity index is 2.27. The van der Waals surface area contributed by atoms with Gasteiger partial charge in [-0.3, -0.25) is 0 Å². The van der Waals surface area contributed by atoms with Crippen molar-refractivity contribution in [3.05, 3.63) is 46.7 Å². The zero-order chi connectivity index (χ0) is 11.4. The molecule has 0 aliphatic carbocycles. The molecule has 0 atom stereocenters. The predicted molar refractivity (Wildman–Crippen MR) is 65.2 cm³/mol. The first-order valence-corrected chi connectivity index (χ1v) is 5.64. The Hall–Kier alpha value is -1.46. The second-order valence-electron chi connectivity index (χ2n) is 3.20. The van der Waals surface area contributed by atoms with Gasteiger partial charge in [-0.05, 0) is 28.8 Å². The van der Waals surface area contributed by atoms with Gasteiger partial charge < -0.3 is 5.11 Å². The number of hydrogen-bond donors (Lipinski definition) is 1. The number of hydrogen-bond acceptors (Lipinski definition) is 3. The maximum absolute atomic E-state index is 8.88. The van der Waals surface area contributed by atoms with Crippen molar-refractivity contribution in [2.24, 2.45) is 0 Å². The molecule has 1 aromatic carbocycles. The van der Waals surface area contributed by atoms with Crippen LogP contribution in [-0.2, 0) is 6.61 Å². The highest BCUT2D eigenvalue weighted by molar-refractivity contribution is 9.11. The molecule has 0 fully saturated rings. The highest BCUT2D eigenvalue weighted by Crippen LogP contribution is 2.10. The molecule has 0 saturated heterocycles. The Bertz CT molecular complexity index is 490. The molecule has 1 aromatic heterocycles. The molecule has 0 amide bonds. The maximum atomic E-state index is 8.88. The minimum atomic E-state index is -0.0928. The van der Waals surface area contributed by atoms with Crippen LogP contribution < -0.4 is 0 Å². The third-order valence-electron chi connectivity index (χ3n) is 2.12. The van der Waals surface area contributed by atoms with Crippen LogP contribution in [-0.4, -0.2) is 20.1 Å².